The molecule has 2 aliphatic rings. The first-order valence-corrected chi connectivity index (χ1v) is 8.18. The van der Waals surface area contributed by atoms with Crippen molar-refractivity contribution >= 4 is 0 Å². The molecule has 1 N–H and O–H groups in total. The summed E-state index contributed by atoms with van der Waals surface area (Å²) in [5.41, 5.74) is 2.91. The third-order valence-electron chi connectivity index (χ3n) is 5.09. The summed E-state index contributed by atoms with van der Waals surface area (Å²) >= 11 is 0. The molecule has 0 spiro atoms. The summed E-state index contributed by atoms with van der Waals surface area (Å²) in [5.74, 6) is 3.49. The maximum Gasteiger partial charge on any atom is 0.125 e. The molecule has 1 aliphatic carbocycles. The minimum absolute atomic E-state index is 0.666. The summed E-state index contributed by atoms with van der Waals surface area (Å²) in [6.07, 6.45) is 6.38. The molecule has 3 rings (SSSR count). The van der Waals surface area contributed by atoms with Gasteiger partial charge in [0, 0.05) is 0 Å². The Morgan fingerprint density at radius 3 is 3.05 bits per heavy atom. The zero-order chi connectivity index (χ0) is 13.9. The van der Waals surface area contributed by atoms with E-state index >= 15 is 0 Å². The normalized spacial score (nSPS) is 29.6. The fourth-order valence-corrected chi connectivity index (χ4v) is 4.04. The molecule has 0 bridgehead atoms. The summed E-state index contributed by atoms with van der Waals surface area (Å²) < 4.78 is 6.05. The number of rotatable bonds is 3. The monoisotopic (exact) mass is 273 g/mol. The van der Waals surface area contributed by atoms with Gasteiger partial charge in [-0.3, -0.25) is 0 Å². The molecule has 110 valence electrons. The predicted octanol–water partition coefficient (Wildman–Crippen LogP) is 3.75. The molecular formula is C18H27NO. The fourth-order valence-electron chi connectivity index (χ4n) is 4.04. The lowest BCUT2D eigenvalue weighted by molar-refractivity contribution is 0.231. The quantitative estimate of drug-likeness (QED) is 0.905. The van der Waals surface area contributed by atoms with Crippen LogP contribution in [0.1, 0.15) is 49.7 Å². The zero-order valence-electron chi connectivity index (χ0n) is 12.8. The molecule has 1 saturated carbocycles. The third-order valence-corrected chi connectivity index (χ3v) is 5.09. The topological polar surface area (TPSA) is 21.3 Å². The van der Waals surface area contributed by atoms with E-state index in [0.717, 1.165) is 31.4 Å². The van der Waals surface area contributed by atoms with Gasteiger partial charge in [0.1, 0.15) is 5.75 Å². The molecule has 3 atom stereocenters. The molecule has 1 fully saturated rings. The minimum Gasteiger partial charge on any atom is -0.493 e. The van der Waals surface area contributed by atoms with Crippen molar-refractivity contribution in [2.24, 2.45) is 11.8 Å². The van der Waals surface area contributed by atoms with E-state index in [2.05, 4.69) is 37.5 Å². The molecule has 2 heteroatoms. The molecule has 0 aromatic heterocycles. The molecule has 0 radical (unpaired) electrons. The molecule has 20 heavy (non-hydrogen) atoms. The lowest BCUT2D eigenvalue weighted by atomic mass is 9.71. The second kappa shape index (κ2) is 6.17. The molecule has 2 nitrogen and oxygen atoms in total. The fraction of sp³-hybridized carbons (Fsp3) is 0.667. The van der Waals surface area contributed by atoms with Crippen molar-refractivity contribution in [1.29, 1.82) is 0 Å². The van der Waals surface area contributed by atoms with Gasteiger partial charge in [0.25, 0.3) is 0 Å². The molecule has 1 aliphatic heterocycles. The van der Waals surface area contributed by atoms with Crippen LogP contribution in [0.15, 0.2) is 18.2 Å². The van der Waals surface area contributed by atoms with Gasteiger partial charge in [-0.1, -0.05) is 31.5 Å². The van der Waals surface area contributed by atoms with Gasteiger partial charge in [0.05, 0.1) is 6.61 Å². The summed E-state index contributed by atoms with van der Waals surface area (Å²) in [6.45, 7) is 4.42. The van der Waals surface area contributed by atoms with Crippen LogP contribution in [-0.2, 0) is 6.42 Å². The van der Waals surface area contributed by atoms with Crippen LogP contribution in [0.4, 0.5) is 0 Å². The standard InChI is InChI=1S/C18H27NO/c1-13-8-9-15(12-19-2)17(11-13)16-7-3-5-14-6-4-10-20-18(14)16/h3,5,7,13,15,17,19H,4,6,8-12H2,1-2H3. The average Bonchev–Trinajstić information content (AvgIpc) is 2.49. The van der Waals surface area contributed by atoms with Crippen LogP contribution in [0.5, 0.6) is 5.75 Å². The Hall–Kier alpha value is -1.02. The minimum atomic E-state index is 0.666. The van der Waals surface area contributed by atoms with Crippen LogP contribution in [0, 0.1) is 11.8 Å². The van der Waals surface area contributed by atoms with Gasteiger partial charge in [0.15, 0.2) is 0 Å². The van der Waals surface area contributed by atoms with E-state index in [1.165, 1.54) is 42.6 Å². The maximum absolute atomic E-state index is 6.05. The number of aryl methyl sites for hydroxylation is 1. The van der Waals surface area contributed by atoms with Gasteiger partial charge >= 0.3 is 0 Å². The van der Waals surface area contributed by atoms with Gasteiger partial charge in [-0.25, -0.2) is 0 Å². The van der Waals surface area contributed by atoms with Crippen molar-refractivity contribution in [1.82, 2.24) is 5.32 Å². The summed E-state index contributed by atoms with van der Waals surface area (Å²) in [6, 6.07) is 6.80. The van der Waals surface area contributed by atoms with Gasteiger partial charge in [0.2, 0.25) is 0 Å². The Labute approximate surface area is 122 Å². The van der Waals surface area contributed by atoms with E-state index in [0.29, 0.717) is 5.92 Å². The Balaban J connectivity index is 1.92. The largest absolute Gasteiger partial charge is 0.493 e. The van der Waals surface area contributed by atoms with Crippen LogP contribution in [0.3, 0.4) is 0 Å². The first-order valence-electron chi connectivity index (χ1n) is 8.18. The number of nitrogens with one attached hydrogen (secondary N) is 1. The Kier molecular flexibility index (Phi) is 4.30. The van der Waals surface area contributed by atoms with Crippen molar-refractivity contribution < 1.29 is 4.74 Å². The van der Waals surface area contributed by atoms with Crippen LogP contribution >= 0.6 is 0 Å². The van der Waals surface area contributed by atoms with Crippen LogP contribution in [0.25, 0.3) is 0 Å². The number of ether oxygens (including phenoxy) is 1. The lowest BCUT2D eigenvalue weighted by Crippen LogP contribution is -2.30. The first kappa shape index (κ1) is 13.9. The van der Waals surface area contributed by atoms with Gasteiger partial charge in [-0.15, -0.1) is 0 Å². The van der Waals surface area contributed by atoms with Crippen molar-refractivity contribution in [3.8, 4) is 5.75 Å². The lowest BCUT2D eigenvalue weighted by Gasteiger charge is -2.37. The average molecular weight is 273 g/mol. The second-order valence-corrected chi connectivity index (χ2v) is 6.63. The van der Waals surface area contributed by atoms with Crippen molar-refractivity contribution in [3.05, 3.63) is 29.3 Å². The van der Waals surface area contributed by atoms with E-state index < -0.39 is 0 Å². The molecule has 0 amide bonds. The summed E-state index contributed by atoms with van der Waals surface area (Å²) in [4.78, 5) is 0. The number of hydrogen-bond donors (Lipinski definition) is 1. The van der Waals surface area contributed by atoms with Crippen LogP contribution in [-0.4, -0.2) is 20.2 Å². The Morgan fingerprint density at radius 1 is 1.30 bits per heavy atom. The van der Waals surface area contributed by atoms with E-state index in [4.69, 9.17) is 4.74 Å². The molecule has 1 heterocycles. The molecule has 1 aromatic carbocycles. The highest BCUT2D eigenvalue weighted by Gasteiger charge is 2.32. The zero-order valence-corrected chi connectivity index (χ0v) is 12.8. The molecule has 3 unspecified atom stereocenters. The van der Waals surface area contributed by atoms with Crippen molar-refractivity contribution in [2.45, 2.75) is 44.9 Å². The highest BCUT2D eigenvalue weighted by atomic mass is 16.5. The van der Waals surface area contributed by atoms with Crippen LogP contribution in [0.2, 0.25) is 0 Å². The predicted molar refractivity (Wildman–Crippen MR) is 83.4 cm³/mol. The number of fused-ring (bicyclic) bond motifs is 1. The van der Waals surface area contributed by atoms with Gasteiger partial charge in [-0.2, -0.15) is 0 Å². The highest BCUT2D eigenvalue weighted by molar-refractivity contribution is 5.45. The number of para-hydroxylation sites is 1. The Bertz CT molecular complexity index is 457. The molecule has 1 aromatic rings. The summed E-state index contributed by atoms with van der Waals surface area (Å²) in [5, 5.41) is 3.39. The number of hydrogen-bond acceptors (Lipinski definition) is 2. The first-order chi connectivity index (χ1) is 9.79. The molecule has 0 saturated heterocycles. The van der Waals surface area contributed by atoms with E-state index in [9.17, 15) is 0 Å². The second-order valence-electron chi connectivity index (χ2n) is 6.63. The van der Waals surface area contributed by atoms with Crippen LogP contribution < -0.4 is 10.1 Å². The Morgan fingerprint density at radius 2 is 2.20 bits per heavy atom. The molecular weight excluding hydrogens is 246 g/mol. The van der Waals surface area contributed by atoms with E-state index in [1.54, 1.807) is 0 Å². The smallest absolute Gasteiger partial charge is 0.125 e. The number of benzene rings is 1. The maximum atomic E-state index is 6.05. The third kappa shape index (κ3) is 2.71. The summed E-state index contributed by atoms with van der Waals surface area (Å²) in [7, 11) is 2.08. The van der Waals surface area contributed by atoms with Crippen molar-refractivity contribution in [2.75, 3.05) is 20.2 Å². The van der Waals surface area contributed by atoms with Crippen molar-refractivity contribution in [3.63, 3.8) is 0 Å². The van der Waals surface area contributed by atoms with E-state index in [-0.39, 0.29) is 0 Å². The van der Waals surface area contributed by atoms with E-state index in [1.807, 2.05) is 0 Å². The highest BCUT2D eigenvalue weighted by Crippen LogP contribution is 2.45. The SMILES string of the molecule is CNCC1CCC(C)CC1c1cccc2c1OCCC2. The van der Waals surface area contributed by atoms with Gasteiger partial charge in [-0.05, 0) is 68.2 Å². The van der Waals surface area contributed by atoms with Gasteiger partial charge < -0.3 is 10.1 Å².